The molecule has 3 heteroatoms. The lowest BCUT2D eigenvalue weighted by Crippen LogP contribution is -2.40. The van der Waals surface area contributed by atoms with Crippen molar-refractivity contribution >= 4 is 0 Å². The molecule has 0 aromatic heterocycles. The molecule has 0 amide bonds. The Bertz CT molecular complexity index is 173. The molecule has 3 nitrogen and oxygen atoms in total. The van der Waals surface area contributed by atoms with Gasteiger partial charge in [-0.05, 0) is 77.8 Å². The first-order chi connectivity index (χ1) is 8.86. The number of rotatable bonds is 10. The molecule has 2 N–H and O–H groups in total. The second-order valence-corrected chi connectivity index (χ2v) is 5.53. The topological polar surface area (TPSA) is 27.3 Å². The second-order valence-electron chi connectivity index (χ2n) is 5.53. The zero-order valence-corrected chi connectivity index (χ0v) is 12.5. The van der Waals surface area contributed by atoms with Crippen LogP contribution in [0.15, 0.2) is 0 Å². The number of unbranched alkanes of at least 4 members (excludes halogenated alkanes) is 1. The zero-order chi connectivity index (χ0) is 13.1. The molecule has 0 aliphatic carbocycles. The van der Waals surface area contributed by atoms with Gasteiger partial charge in [-0.1, -0.05) is 13.8 Å². The lowest BCUT2D eigenvalue weighted by molar-refractivity contribution is 0.267. The largest absolute Gasteiger partial charge is 0.317 e. The van der Waals surface area contributed by atoms with E-state index in [1.807, 2.05) is 0 Å². The molecule has 0 saturated carbocycles. The van der Waals surface area contributed by atoms with E-state index in [2.05, 4.69) is 29.4 Å². The molecule has 1 fully saturated rings. The van der Waals surface area contributed by atoms with Crippen LogP contribution >= 0.6 is 0 Å². The van der Waals surface area contributed by atoms with Crippen LogP contribution in [0.4, 0.5) is 0 Å². The van der Waals surface area contributed by atoms with E-state index >= 15 is 0 Å². The van der Waals surface area contributed by atoms with E-state index in [9.17, 15) is 0 Å². The summed E-state index contributed by atoms with van der Waals surface area (Å²) >= 11 is 0. The molecule has 18 heavy (non-hydrogen) atoms. The highest BCUT2D eigenvalue weighted by atomic mass is 15.1. The monoisotopic (exact) mass is 255 g/mol. The number of nitrogens with zero attached hydrogens (tertiary/aromatic N) is 1. The fourth-order valence-corrected chi connectivity index (χ4v) is 2.76. The summed E-state index contributed by atoms with van der Waals surface area (Å²) in [6.07, 6.45) is 7.85. The highest BCUT2D eigenvalue weighted by Crippen LogP contribution is 2.03. The Morgan fingerprint density at radius 3 is 2.28 bits per heavy atom. The molecule has 0 aromatic rings. The van der Waals surface area contributed by atoms with Gasteiger partial charge in [-0.25, -0.2) is 0 Å². The summed E-state index contributed by atoms with van der Waals surface area (Å²) in [6, 6.07) is 0.772. The van der Waals surface area contributed by atoms with Gasteiger partial charge in [0.05, 0.1) is 0 Å². The van der Waals surface area contributed by atoms with Crippen molar-refractivity contribution < 1.29 is 0 Å². The summed E-state index contributed by atoms with van der Waals surface area (Å²) in [5.41, 5.74) is 0. The van der Waals surface area contributed by atoms with Gasteiger partial charge in [-0.3, -0.25) is 0 Å². The van der Waals surface area contributed by atoms with Gasteiger partial charge in [-0.2, -0.15) is 0 Å². The molecule has 1 rings (SSSR count). The van der Waals surface area contributed by atoms with E-state index in [0.717, 1.165) is 6.04 Å². The zero-order valence-electron chi connectivity index (χ0n) is 12.5. The van der Waals surface area contributed by atoms with E-state index in [1.54, 1.807) is 0 Å². The highest BCUT2D eigenvalue weighted by Gasteiger charge is 2.11. The minimum atomic E-state index is 0.772. The van der Waals surface area contributed by atoms with Crippen molar-refractivity contribution in [3.63, 3.8) is 0 Å². The van der Waals surface area contributed by atoms with Crippen molar-refractivity contribution in [2.75, 3.05) is 39.3 Å². The average Bonchev–Trinajstić information content (AvgIpc) is 2.40. The third-order valence-electron chi connectivity index (χ3n) is 3.75. The van der Waals surface area contributed by atoms with Crippen molar-refractivity contribution in [3.05, 3.63) is 0 Å². The minimum Gasteiger partial charge on any atom is -0.317 e. The highest BCUT2D eigenvalue weighted by molar-refractivity contribution is 4.74. The molecule has 0 spiro atoms. The van der Waals surface area contributed by atoms with Gasteiger partial charge < -0.3 is 15.5 Å². The summed E-state index contributed by atoms with van der Waals surface area (Å²) < 4.78 is 0. The Morgan fingerprint density at radius 2 is 1.67 bits per heavy atom. The Hall–Kier alpha value is -0.120. The van der Waals surface area contributed by atoms with Gasteiger partial charge in [-0.15, -0.1) is 0 Å². The van der Waals surface area contributed by atoms with Crippen LogP contribution in [0.5, 0.6) is 0 Å². The minimum absolute atomic E-state index is 0.772. The average molecular weight is 255 g/mol. The third-order valence-corrected chi connectivity index (χ3v) is 3.75. The standard InChI is InChI=1S/C15H33N3/c1-3-12-18(13-4-2)14-6-5-9-17-15-7-10-16-11-8-15/h15-17H,3-14H2,1-2H3. The normalized spacial score (nSPS) is 17.5. The maximum Gasteiger partial charge on any atom is 0.00912 e. The first-order valence-corrected chi connectivity index (χ1v) is 8.03. The lowest BCUT2D eigenvalue weighted by Gasteiger charge is -2.24. The van der Waals surface area contributed by atoms with Crippen molar-refractivity contribution in [2.24, 2.45) is 0 Å². The van der Waals surface area contributed by atoms with Gasteiger partial charge in [0.1, 0.15) is 0 Å². The Morgan fingerprint density at radius 1 is 1.00 bits per heavy atom. The summed E-state index contributed by atoms with van der Waals surface area (Å²) in [4.78, 5) is 2.62. The molecule has 1 saturated heterocycles. The smallest absolute Gasteiger partial charge is 0.00912 e. The van der Waals surface area contributed by atoms with Gasteiger partial charge in [0.25, 0.3) is 0 Å². The van der Waals surface area contributed by atoms with Gasteiger partial charge in [0.2, 0.25) is 0 Å². The molecule has 0 aromatic carbocycles. The van der Waals surface area contributed by atoms with Crippen LogP contribution in [0.25, 0.3) is 0 Å². The molecule has 1 aliphatic heterocycles. The molecule has 0 unspecified atom stereocenters. The molecule has 1 aliphatic rings. The Balaban J connectivity index is 1.95. The number of hydrogen-bond donors (Lipinski definition) is 2. The fourth-order valence-electron chi connectivity index (χ4n) is 2.76. The summed E-state index contributed by atoms with van der Waals surface area (Å²) in [5, 5.41) is 7.11. The van der Waals surface area contributed by atoms with Crippen LogP contribution in [0.1, 0.15) is 52.4 Å². The first-order valence-electron chi connectivity index (χ1n) is 8.03. The van der Waals surface area contributed by atoms with Crippen LogP contribution in [0.2, 0.25) is 0 Å². The van der Waals surface area contributed by atoms with Crippen molar-refractivity contribution in [3.8, 4) is 0 Å². The molecular weight excluding hydrogens is 222 g/mol. The number of hydrogen-bond acceptors (Lipinski definition) is 3. The van der Waals surface area contributed by atoms with E-state index in [-0.39, 0.29) is 0 Å². The number of piperidine rings is 1. The molecule has 0 bridgehead atoms. The maximum absolute atomic E-state index is 3.70. The molecule has 0 radical (unpaired) electrons. The van der Waals surface area contributed by atoms with E-state index < -0.39 is 0 Å². The second kappa shape index (κ2) is 10.8. The Kier molecular flexibility index (Phi) is 9.54. The van der Waals surface area contributed by atoms with Crippen LogP contribution in [-0.4, -0.2) is 50.2 Å². The lowest BCUT2D eigenvalue weighted by atomic mass is 10.1. The number of nitrogens with one attached hydrogen (secondary N) is 2. The van der Waals surface area contributed by atoms with Crippen LogP contribution in [-0.2, 0) is 0 Å². The van der Waals surface area contributed by atoms with Crippen molar-refractivity contribution in [1.29, 1.82) is 0 Å². The van der Waals surface area contributed by atoms with Crippen LogP contribution in [0, 0.1) is 0 Å². The van der Waals surface area contributed by atoms with E-state index in [1.165, 1.54) is 77.8 Å². The van der Waals surface area contributed by atoms with E-state index in [0.29, 0.717) is 0 Å². The fraction of sp³-hybridized carbons (Fsp3) is 1.00. The van der Waals surface area contributed by atoms with E-state index in [4.69, 9.17) is 0 Å². The van der Waals surface area contributed by atoms with Gasteiger partial charge in [0, 0.05) is 6.04 Å². The maximum atomic E-state index is 3.70. The third kappa shape index (κ3) is 7.34. The predicted molar refractivity (Wildman–Crippen MR) is 80.2 cm³/mol. The summed E-state index contributed by atoms with van der Waals surface area (Å²) in [5.74, 6) is 0. The van der Waals surface area contributed by atoms with Crippen LogP contribution < -0.4 is 10.6 Å². The van der Waals surface area contributed by atoms with Crippen molar-refractivity contribution in [1.82, 2.24) is 15.5 Å². The predicted octanol–water partition coefficient (Wildman–Crippen LogP) is 2.23. The quantitative estimate of drug-likeness (QED) is 0.586. The molecule has 108 valence electrons. The first kappa shape index (κ1) is 15.9. The summed E-state index contributed by atoms with van der Waals surface area (Å²) in [6.45, 7) is 12.0. The SMILES string of the molecule is CCCN(CCC)CCCCNC1CCNCC1. The summed E-state index contributed by atoms with van der Waals surface area (Å²) in [7, 11) is 0. The molecule has 1 heterocycles. The van der Waals surface area contributed by atoms with Crippen molar-refractivity contribution in [2.45, 2.75) is 58.4 Å². The van der Waals surface area contributed by atoms with Gasteiger partial charge in [0.15, 0.2) is 0 Å². The van der Waals surface area contributed by atoms with Crippen LogP contribution in [0.3, 0.4) is 0 Å². The van der Waals surface area contributed by atoms with Gasteiger partial charge >= 0.3 is 0 Å². The molecular formula is C15H33N3. The Labute approximate surface area is 114 Å². The molecule has 0 atom stereocenters.